The summed E-state index contributed by atoms with van der Waals surface area (Å²) in [6, 6.07) is 0.470. The van der Waals surface area contributed by atoms with E-state index in [-0.39, 0.29) is 0 Å². The van der Waals surface area contributed by atoms with Gasteiger partial charge in [-0.15, -0.1) is 0 Å². The molecule has 0 amide bonds. The second kappa shape index (κ2) is 6.09. The molecule has 1 fully saturated rings. The van der Waals surface area contributed by atoms with Gasteiger partial charge in [-0.2, -0.15) is 0 Å². The fraction of sp³-hybridized carbons (Fsp3) is 0.615. The lowest BCUT2D eigenvalue weighted by Crippen LogP contribution is -2.28. The molecule has 1 aromatic rings. The lowest BCUT2D eigenvalue weighted by Gasteiger charge is -2.29. The SMILES string of the molecule is CCC1CCC(Nc2nccnc2C(N)=S)CC1. The van der Waals surface area contributed by atoms with Crippen LogP contribution < -0.4 is 11.1 Å². The van der Waals surface area contributed by atoms with Gasteiger partial charge < -0.3 is 11.1 Å². The number of nitrogens with two attached hydrogens (primary N) is 1. The van der Waals surface area contributed by atoms with Crippen LogP contribution in [-0.2, 0) is 0 Å². The summed E-state index contributed by atoms with van der Waals surface area (Å²) < 4.78 is 0. The number of anilines is 1. The second-order valence-electron chi connectivity index (χ2n) is 4.89. The molecule has 1 aliphatic rings. The maximum Gasteiger partial charge on any atom is 0.155 e. The Morgan fingerprint density at radius 2 is 2.00 bits per heavy atom. The van der Waals surface area contributed by atoms with Crippen LogP contribution in [0, 0.1) is 5.92 Å². The van der Waals surface area contributed by atoms with Gasteiger partial charge in [-0.05, 0) is 31.6 Å². The molecule has 1 saturated carbocycles. The molecule has 3 N–H and O–H groups in total. The largest absolute Gasteiger partial charge is 0.388 e. The Morgan fingerprint density at radius 1 is 1.33 bits per heavy atom. The van der Waals surface area contributed by atoms with Crippen molar-refractivity contribution in [3.8, 4) is 0 Å². The molecule has 5 heteroatoms. The molecule has 1 aliphatic carbocycles. The van der Waals surface area contributed by atoms with Crippen molar-refractivity contribution in [2.45, 2.75) is 45.1 Å². The van der Waals surface area contributed by atoms with E-state index in [9.17, 15) is 0 Å². The first kappa shape index (κ1) is 13.2. The molecule has 2 rings (SSSR count). The smallest absolute Gasteiger partial charge is 0.155 e. The summed E-state index contributed by atoms with van der Waals surface area (Å²) in [5.74, 6) is 1.62. The highest BCUT2D eigenvalue weighted by atomic mass is 32.1. The topological polar surface area (TPSA) is 63.8 Å². The third-order valence-corrected chi connectivity index (χ3v) is 3.89. The normalized spacial score (nSPS) is 23.6. The first-order chi connectivity index (χ1) is 8.70. The fourth-order valence-corrected chi connectivity index (χ4v) is 2.68. The van der Waals surface area contributed by atoms with E-state index in [1.165, 1.54) is 32.1 Å². The Balaban J connectivity index is 2.00. The molecular weight excluding hydrogens is 244 g/mol. The van der Waals surface area contributed by atoms with Crippen LogP contribution in [0.4, 0.5) is 5.82 Å². The standard InChI is InChI=1S/C13H20N4S/c1-2-9-3-5-10(6-4-9)17-13-11(12(14)18)15-7-8-16-13/h7-10H,2-6H2,1H3,(H2,14,18)(H,16,17). The van der Waals surface area contributed by atoms with E-state index in [1.807, 2.05) is 0 Å². The molecule has 0 spiro atoms. The van der Waals surface area contributed by atoms with Crippen LogP contribution in [0.2, 0.25) is 0 Å². The minimum absolute atomic E-state index is 0.299. The van der Waals surface area contributed by atoms with E-state index >= 15 is 0 Å². The van der Waals surface area contributed by atoms with E-state index in [1.54, 1.807) is 12.4 Å². The first-order valence-electron chi connectivity index (χ1n) is 6.58. The van der Waals surface area contributed by atoms with Gasteiger partial charge in [-0.3, -0.25) is 0 Å². The summed E-state index contributed by atoms with van der Waals surface area (Å²) >= 11 is 4.99. The highest BCUT2D eigenvalue weighted by Gasteiger charge is 2.21. The lowest BCUT2D eigenvalue weighted by molar-refractivity contribution is 0.330. The van der Waals surface area contributed by atoms with Crippen molar-refractivity contribution in [1.29, 1.82) is 0 Å². The molecular formula is C13H20N4S. The molecule has 4 nitrogen and oxygen atoms in total. The minimum atomic E-state index is 0.299. The quantitative estimate of drug-likeness (QED) is 0.818. The molecule has 0 unspecified atom stereocenters. The average molecular weight is 264 g/mol. The van der Waals surface area contributed by atoms with E-state index in [2.05, 4.69) is 22.2 Å². The third kappa shape index (κ3) is 3.16. The van der Waals surface area contributed by atoms with Crippen molar-refractivity contribution in [3.63, 3.8) is 0 Å². The van der Waals surface area contributed by atoms with Crippen molar-refractivity contribution >= 4 is 23.0 Å². The average Bonchev–Trinajstić information content (AvgIpc) is 2.40. The van der Waals surface area contributed by atoms with E-state index in [4.69, 9.17) is 18.0 Å². The number of aromatic nitrogens is 2. The predicted molar refractivity (Wildman–Crippen MR) is 77.6 cm³/mol. The van der Waals surface area contributed by atoms with Gasteiger partial charge in [0.2, 0.25) is 0 Å². The summed E-state index contributed by atoms with van der Waals surface area (Å²) in [6.07, 6.45) is 9.52. The van der Waals surface area contributed by atoms with Crippen LogP contribution in [0.5, 0.6) is 0 Å². The van der Waals surface area contributed by atoms with Gasteiger partial charge in [0, 0.05) is 18.4 Å². The van der Waals surface area contributed by atoms with Gasteiger partial charge in [0.25, 0.3) is 0 Å². The number of hydrogen-bond donors (Lipinski definition) is 2. The van der Waals surface area contributed by atoms with Gasteiger partial charge in [0.05, 0.1) is 0 Å². The Labute approximate surface area is 113 Å². The summed E-state index contributed by atoms with van der Waals surface area (Å²) in [4.78, 5) is 8.77. The van der Waals surface area contributed by atoms with Crippen LogP contribution in [0.1, 0.15) is 44.7 Å². The van der Waals surface area contributed by atoms with Crippen LogP contribution in [0.25, 0.3) is 0 Å². The van der Waals surface area contributed by atoms with Crippen LogP contribution in [0.15, 0.2) is 12.4 Å². The van der Waals surface area contributed by atoms with Crippen molar-refractivity contribution < 1.29 is 0 Å². The van der Waals surface area contributed by atoms with Crippen molar-refractivity contribution in [2.75, 3.05) is 5.32 Å². The molecule has 0 bridgehead atoms. The number of nitrogens with zero attached hydrogens (tertiary/aromatic N) is 2. The summed E-state index contributed by atoms with van der Waals surface area (Å²) in [7, 11) is 0. The highest BCUT2D eigenvalue weighted by molar-refractivity contribution is 7.80. The van der Waals surface area contributed by atoms with Gasteiger partial charge in [0.1, 0.15) is 10.7 Å². The maximum absolute atomic E-state index is 5.65. The highest BCUT2D eigenvalue weighted by Crippen LogP contribution is 2.28. The number of thiocarbonyl (C=S) groups is 1. The number of hydrogen-bond acceptors (Lipinski definition) is 4. The molecule has 98 valence electrons. The van der Waals surface area contributed by atoms with Gasteiger partial charge >= 0.3 is 0 Å². The minimum Gasteiger partial charge on any atom is -0.388 e. The van der Waals surface area contributed by atoms with Gasteiger partial charge in [-0.1, -0.05) is 25.6 Å². The summed E-state index contributed by atoms with van der Waals surface area (Å²) in [5, 5.41) is 3.43. The first-order valence-corrected chi connectivity index (χ1v) is 6.99. The summed E-state index contributed by atoms with van der Waals surface area (Å²) in [6.45, 7) is 2.27. The Kier molecular flexibility index (Phi) is 4.47. The zero-order valence-corrected chi connectivity index (χ0v) is 11.5. The maximum atomic E-state index is 5.65. The van der Waals surface area contributed by atoms with Crippen molar-refractivity contribution in [3.05, 3.63) is 18.1 Å². The van der Waals surface area contributed by atoms with E-state index in [0.717, 1.165) is 11.7 Å². The van der Waals surface area contributed by atoms with E-state index in [0.29, 0.717) is 16.7 Å². The monoisotopic (exact) mass is 264 g/mol. The van der Waals surface area contributed by atoms with Crippen LogP contribution in [0.3, 0.4) is 0 Å². The molecule has 1 heterocycles. The molecule has 0 aromatic carbocycles. The van der Waals surface area contributed by atoms with Crippen LogP contribution >= 0.6 is 12.2 Å². The van der Waals surface area contributed by atoms with Gasteiger partial charge in [0.15, 0.2) is 5.82 Å². The molecule has 0 saturated heterocycles. The summed E-state index contributed by atoms with van der Waals surface area (Å²) in [5.41, 5.74) is 6.25. The molecule has 0 atom stereocenters. The van der Waals surface area contributed by atoms with Crippen molar-refractivity contribution in [1.82, 2.24) is 9.97 Å². The lowest BCUT2D eigenvalue weighted by atomic mass is 9.84. The molecule has 18 heavy (non-hydrogen) atoms. The predicted octanol–water partition coefficient (Wildman–Crippen LogP) is 2.49. The zero-order chi connectivity index (χ0) is 13.0. The van der Waals surface area contributed by atoms with Crippen molar-refractivity contribution in [2.24, 2.45) is 11.7 Å². The molecule has 1 aromatic heterocycles. The van der Waals surface area contributed by atoms with Gasteiger partial charge in [-0.25, -0.2) is 9.97 Å². The molecule has 0 aliphatic heterocycles. The Bertz CT molecular complexity index is 413. The number of nitrogens with one attached hydrogen (secondary N) is 1. The third-order valence-electron chi connectivity index (χ3n) is 3.70. The second-order valence-corrected chi connectivity index (χ2v) is 5.33. The number of rotatable bonds is 4. The Morgan fingerprint density at radius 3 is 2.61 bits per heavy atom. The fourth-order valence-electron chi connectivity index (χ4n) is 2.53. The Hall–Kier alpha value is -1.23. The van der Waals surface area contributed by atoms with Crippen LogP contribution in [-0.4, -0.2) is 21.0 Å². The molecule has 0 radical (unpaired) electrons. The zero-order valence-electron chi connectivity index (χ0n) is 10.7. The van der Waals surface area contributed by atoms with E-state index < -0.39 is 0 Å².